The molecule has 1 atom stereocenters. The van der Waals surface area contributed by atoms with Crippen molar-refractivity contribution in [3.8, 4) is 0 Å². The van der Waals surface area contributed by atoms with Gasteiger partial charge in [-0.15, -0.1) is 11.3 Å². The third-order valence-electron chi connectivity index (χ3n) is 2.69. The van der Waals surface area contributed by atoms with E-state index in [1.54, 1.807) is 24.3 Å². The van der Waals surface area contributed by atoms with E-state index in [-0.39, 0.29) is 5.56 Å². The van der Waals surface area contributed by atoms with Crippen molar-refractivity contribution in [2.45, 2.75) is 6.10 Å². The van der Waals surface area contributed by atoms with E-state index in [2.05, 4.69) is 0 Å². The van der Waals surface area contributed by atoms with Crippen molar-refractivity contribution in [3.05, 3.63) is 57.3 Å². The average molecular weight is 252 g/mol. The first-order valence-corrected chi connectivity index (χ1v) is 5.78. The van der Waals surface area contributed by atoms with Crippen LogP contribution in [0.1, 0.15) is 27.6 Å². The van der Waals surface area contributed by atoms with Gasteiger partial charge in [0.05, 0.1) is 5.56 Å². The molecule has 2 nitrogen and oxygen atoms in total. The van der Waals surface area contributed by atoms with Crippen molar-refractivity contribution in [3.63, 3.8) is 0 Å². The fourth-order valence-corrected chi connectivity index (χ4v) is 2.56. The van der Waals surface area contributed by atoms with E-state index in [0.717, 1.165) is 0 Å². The summed E-state index contributed by atoms with van der Waals surface area (Å²) in [5, 5.41) is 0.450. The number of fused-ring (bicyclic) bond motifs is 1. The second-order valence-electron chi connectivity index (χ2n) is 3.65. The summed E-state index contributed by atoms with van der Waals surface area (Å²) < 4.78 is 31.5. The second kappa shape index (κ2) is 3.63. The molecule has 1 unspecified atom stereocenters. The van der Waals surface area contributed by atoms with Gasteiger partial charge in [0.2, 0.25) is 5.13 Å². The summed E-state index contributed by atoms with van der Waals surface area (Å²) in [6.07, 6.45) is -0.834. The molecule has 86 valence electrons. The number of halogens is 2. The van der Waals surface area contributed by atoms with Gasteiger partial charge in [-0.25, -0.2) is 9.18 Å². The van der Waals surface area contributed by atoms with E-state index in [4.69, 9.17) is 4.74 Å². The lowest BCUT2D eigenvalue weighted by atomic mass is 10.0. The first-order valence-electron chi connectivity index (χ1n) is 4.91. The van der Waals surface area contributed by atoms with Gasteiger partial charge in [0.25, 0.3) is 0 Å². The van der Waals surface area contributed by atoms with Crippen LogP contribution in [0.2, 0.25) is 0 Å². The summed E-state index contributed by atoms with van der Waals surface area (Å²) in [5.41, 5.74) is 1.06. The number of thiophene rings is 1. The highest BCUT2D eigenvalue weighted by molar-refractivity contribution is 7.08. The Morgan fingerprint density at radius 3 is 2.65 bits per heavy atom. The van der Waals surface area contributed by atoms with Crippen molar-refractivity contribution in [2.75, 3.05) is 0 Å². The molecule has 2 aromatic rings. The topological polar surface area (TPSA) is 26.3 Å². The fraction of sp³-hybridized carbons (Fsp3) is 0.0833. The minimum Gasteiger partial charge on any atom is -0.449 e. The minimum atomic E-state index is -0.940. The van der Waals surface area contributed by atoms with Crippen LogP contribution in [0.25, 0.3) is 0 Å². The molecule has 0 spiro atoms. The van der Waals surface area contributed by atoms with Gasteiger partial charge < -0.3 is 4.74 Å². The van der Waals surface area contributed by atoms with Gasteiger partial charge in [0.15, 0.2) is 11.9 Å². The van der Waals surface area contributed by atoms with Gasteiger partial charge in [-0.05, 0) is 6.07 Å². The molecule has 0 saturated heterocycles. The Morgan fingerprint density at radius 2 is 1.94 bits per heavy atom. The molecule has 0 N–H and O–H groups in total. The molecule has 0 fully saturated rings. The molecule has 0 radical (unpaired) electrons. The highest BCUT2D eigenvalue weighted by Crippen LogP contribution is 2.38. The van der Waals surface area contributed by atoms with Gasteiger partial charge in [0, 0.05) is 16.5 Å². The zero-order chi connectivity index (χ0) is 12.0. The number of rotatable bonds is 1. The van der Waals surface area contributed by atoms with Crippen LogP contribution in [0.15, 0.2) is 29.6 Å². The minimum absolute atomic E-state index is 0.0748. The molecular weight excluding hydrogens is 246 g/mol. The molecule has 0 bridgehead atoms. The van der Waals surface area contributed by atoms with Crippen LogP contribution in [-0.2, 0) is 4.74 Å². The van der Waals surface area contributed by atoms with E-state index in [1.807, 2.05) is 0 Å². The third kappa shape index (κ3) is 1.46. The lowest BCUT2D eigenvalue weighted by molar-refractivity contribution is 0.0451. The van der Waals surface area contributed by atoms with E-state index in [1.165, 1.54) is 5.38 Å². The Morgan fingerprint density at radius 1 is 1.18 bits per heavy atom. The lowest BCUT2D eigenvalue weighted by Crippen LogP contribution is -2.01. The Hall–Kier alpha value is -1.75. The maximum absolute atomic E-state index is 13.5. The largest absolute Gasteiger partial charge is 0.449 e. The number of carbonyl (C=O) groups excluding carboxylic acids is 1. The molecule has 0 aliphatic carbocycles. The van der Waals surface area contributed by atoms with Gasteiger partial charge in [0.1, 0.15) is 0 Å². The van der Waals surface area contributed by atoms with Crippen molar-refractivity contribution < 1.29 is 18.3 Å². The van der Waals surface area contributed by atoms with Crippen molar-refractivity contribution in [1.82, 2.24) is 0 Å². The summed E-state index contributed by atoms with van der Waals surface area (Å²) in [6, 6.07) is 6.72. The third-order valence-corrected chi connectivity index (χ3v) is 3.44. The number of hydrogen-bond acceptors (Lipinski definition) is 3. The number of hydrogen-bond donors (Lipinski definition) is 0. The monoisotopic (exact) mass is 252 g/mol. The highest BCUT2D eigenvalue weighted by Gasteiger charge is 2.34. The Labute approximate surface area is 99.5 Å². The number of carbonyl (C=O) groups is 1. The van der Waals surface area contributed by atoms with Crippen LogP contribution in [0.3, 0.4) is 0 Å². The van der Waals surface area contributed by atoms with Crippen LogP contribution in [-0.4, -0.2) is 5.97 Å². The first-order chi connectivity index (χ1) is 8.18. The summed E-state index contributed by atoms with van der Waals surface area (Å²) in [6.45, 7) is 0. The maximum Gasteiger partial charge on any atom is 0.339 e. The van der Waals surface area contributed by atoms with E-state index in [9.17, 15) is 13.6 Å². The van der Waals surface area contributed by atoms with Gasteiger partial charge >= 0.3 is 5.97 Å². The molecule has 3 rings (SSSR count). The van der Waals surface area contributed by atoms with Crippen LogP contribution < -0.4 is 0 Å². The number of cyclic esters (lactones) is 1. The van der Waals surface area contributed by atoms with E-state index < -0.39 is 23.0 Å². The van der Waals surface area contributed by atoms with Crippen molar-refractivity contribution >= 4 is 17.3 Å². The van der Waals surface area contributed by atoms with Crippen molar-refractivity contribution in [1.29, 1.82) is 0 Å². The summed E-state index contributed by atoms with van der Waals surface area (Å²) in [7, 11) is 0. The van der Waals surface area contributed by atoms with Gasteiger partial charge in [-0.3, -0.25) is 0 Å². The Kier molecular flexibility index (Phi) is 2.22. The number of benzene rings is 1. The molecule has 1 aliphatic rings. The normalized spacial score (nSPS) is 18.0. The Balaban J connectivity index is 2.13. The molecule has 1 aliphatic heterocycles. The van der Waals surface area contributed by atoms with E-state index in [0.29, 0.717) is 22.5 Å². The Bertz CT molecular complexity index is 606. The van der Waals surface area contributed by atoms with E-state index >= 15 is 0 Å². The lowest BCUT2D eigenvalue weighted by Gasteiger charge is -2.08. The molecular formula is C12H6F2O2S. The number of ether oxygens (including phenoxy) is 1. The quantitative estimate of drug-likeness (QED) is 0.728. The molecule has 0 amide bonds. The predicted molar refractivity (Wildman–Crippen MR) is 57.9 cm³/mol. The second-order valence-corrected chi connectivity index (χ2v) is 4.48. The molecule has 5 heteroatoms. The molecule has 17 heavy (non-hydrogen) atoms. The standard InChI is InChI=1S/C12H6F2O2S/c13-9-8(5-17-11(9)14)10-6-3-1-2-4-7(6)12(15)16-10/h1-5,10H. The fourth-order valence-electron chi connectivity index (χ4n) is 1.89. The predicted octanol–water partition coefficient (Wildman–Crippen LogP) is 3.29. The van der Waals surface area contributed by atoms with Crippen LogP contribution in [0.5, 0.6) is 0 Å². The summed E-state index contributed by atoms with van der Waals surface area (Å²) >= 11 is 0.661. The summed E-state index contributed by atoms with van der Waals surface area (Å²) in [5.74, 6) is -1.44. The molecule has 0 saturated carbocycles. The van der Waals surface area contributed by atoms with Gasteiger partial charge in [-0.2, -0.15) is 4.39 Å². The first kappa shape index (κ1) is 10.4. The molecule has 1 aromatic carbocycles. The number of esters is 1. The summed E-state index contributed by atoms with van der Waals surface area (Å²) in [4.78, 5) is 11.5. The maximum atomic E-state index is 13.5. The van der Waals surface area contributed by atoms with Crippen LogP contribution in [0, 0.1) is 10.9 Å². The van der Waals surface area contributed by atoms with Crippen LogP contribution >= 0.6 is 11.3 Å². The SMILES string of the molecule is O=C1OC(c2csc(F)c2F)c2ccccc21. The highest BCUT2D eigenvalue weighted by atomic mass is 32.1. The van der Waals surface area contributed by atoms with Gasteiger partial charge in [-0.1, -0.05) is 18.2 Å². The zero-order valence-corrected chi connectivity index (χ0v) is 9.26. The molecule has 1 aromatic heterocycles. The molecule has 2 heterocycles. The van der Waals surface area contributed by atoms with Crippen LogP contribution in [0.4, 0.5) is 8.78 Å². The average Bonchev–Trinajstić information content (AvgIpc) is 2.83. The zero-order valence-electron chi connectivity index (χ0n) is 8.44. The van der Waals surface area contributed by atoms with Crippen molar-refractivity contribution in [2.24, 2.45) is 0 Å². The smallest absolute Gasteiger partial charge is 0.339 e.